The van der Waals surface area contributed by atoms with Gasteiger partial charge in [-0.05, 0) is 11.6 Å². The zero-order valence-electron chi connectivity index (χ0n) is 14.6. The zero-order chi connectivity index (χ0) is 17.5. The lowest BCUT2D eigenvalue weighted by atomic mass is 9.97. The molecule has 124 valence electrons. The molecule has 0 saturated heterocycles. The van der Waals surface area contributed by atoms with Gasteiger partial charge in [-0.2, -0.15) is 0 Å². The van der Waals surface area contributed by atoms with Gasteiger partial charge in [-0.3, -0.25) is 4.98 Å². The standard InChI is InChI=1S/C24H18N2/c1-26-21-15-9-8-14-19(21)20-16-25-23(18-12-6-3-7-13-18)22(24(20)26)17-10-4-2-5-11-17/h2-16H,1H3. The molecule has 5 aromatic rings. The summed E-state index contributed by atoms with van der Waals surface area (Å²) in [6.07, 6.45) is 2.02. The molecule has 5 rings (SSSR count). The molecule has 0 aliphatic carbocycles. The van der Waals surface area contributed by atoms with Crippen LogP contribution in [0.25, 0.3) is 44.2 Å². The van der Waals surface area contributed by atoms with Crippen molar-refractivity contribution in [1.29, 1.82) is 0 Å². The fraction of sp³-hybridized carbons (Fsp3) is 0.0417. The molecule has 3 aromatic carbocycles. The van der Waals surface area contributed by atoms with Crippen molar-refractivity contribution in [3.05, 3.63) is 91.1 Å². The largest absolute Gasteiger partial charge is 0.343 e. The Morgan fingerprint density at radius 2 is 1.27 bits per heavy atom. The second-order valence-electron chi connectivity index (χ2n) is 6.55. The molecule has 2 nitrogen and oxygen atoms in total. The number of nitrogens with zero attached hydrogens (tertiary/aromatic N) is 2. The predicted molar refractivity (Wildman–Crippen MR) is 109 cm³/mol. The highest BCUT2D eigenvalue weighted by atomic mass is 14.9. The van der Waals surface area contributed by atoms with Crippen molar-refractivity contribution in [2.24, 2.45) is 7.05 Å². The monoisotopic (exact) mass is 334 g/mol. The van der Waals surface area contributed by atoms with Gasteiger partial charge in [0, 0.05) is 40.7 Å². The zero-order valence-corrected chi connectivity index (χ0v) is 14.6. The summed E-state index contributed by atoms with van der Waals surface area (Å²) < 4.78 is 2.29. The van der Waals surface area contributed by atoms with Crippen LogP contribution in [0, 0.1) is 0 Å². The van der Waals surface area contributed by atoms with Crippen molar-refractivity contribution in [3.8, 4) is 22.4 Å². The molecule has 0 bridgehead atoms. The van der Waals surface area contributed by atoms with E-state index in [0.717, 1.165) is 11.3 Å². The first kappa shape index (κ1) is 14.9. The van der Waals surface area contributed by atoms with Gasteiger partial charge in [0.15, 0.2) is 0 Å². The smallest absolute Gasteiger partial charge is 0.0801 e. The fourth-order valence-corrected chi connectivity index (χ4v) is 3.85. The number of pyridine rings is 1. The maximum atomic E-state index is 4.90. The molecule has 0 saturated carbocycles. The molecule has 0 radical (unpaired) electrons. The van der Waals surface area contributed by atoms with Crippen molar-refractivity contribution < 1.29 is 0 Å². The van der Waals surface area contributed by atoms with Crippen molar-refractivity contribution in [2.45, 2.75) is 0 Å². The maximum Gasteiger partial charge on any atom is 0.0801 e. The third kappa shape index (κ3) is 2.16. The van der Waals surface area contributed by atoms with Crippen LogP contribution in [0.4, 0.5) is 0 Å². The van der Waals surface area contributed by atoms with Crippen LogP contribution in [0.2, 0.25) is 0 Å². The highest BCUT2D eigenvalue weighted by molar-refractivity contribution is 6.14. The van der Waals surface area contributed by atoms with Crippen LogP contribution in [0.15, 0.2) is 91.1 Å². The Labute approximate surface area is 152 Å². The van der Waals surface area contributed by atoms with Gasteiger partial charge in [0.05, 0.1) is 11.2 Å². The molecule has 0 atom stereocenters. The number of hydrogen-bond acceptors (Lipinski definition) is 1. The molecule has 2 heteroatoms. The van der Waals surface area contributed by atoms with Gasteiger partial charge in [0.1, 0.15) is 0 Å². The maximum absolute atomic E-state index is 4.90. The van der Waals surface area contributed by atoms with Crippen molar-refractivity contribution in [1.82, 2.24) is 9.55 Å². The summed E-state index contributed by atoms with van der Waals surface area (Å²) in [6.45, 7) is 0. The van der Waals surface area contributed by atoms with Gasteiger partial charge in [0.25, 0.3) is 0 Å². The summed E-state index contributed by atoms with van der Waals surface area (Å²) in [4.78, 5) is 4.90. The number of hydrogen-bond donors (Lipinski definition) is 0. The number of rotatable bonds is 2. The lowest BCUT2D eigenvalue weighted by molar-refractivity contribution is 1.01. The van der Waals surface area contributed by atoms with Crippen LogP contribution in [0.5, 0.6) is 0 Å². The Hall–Kier alpha value is -3.39. The first-order chi connectivity index (χ1) is 12.8. The number of benzene rings is 3. The third-order valence-electron chi connectivity index (χ3n) is 5.05. The topological polar surface area (TPSA) is 17.8 Å². The Kier molecular flexibility index (Phi) is 3.36. The van der Waals surface area contributed by atoms with E-state index in [9.17, 15) is 0 Å². The lowest BCUT2D eigenvalue weighted by Gasteiger charge is -2.13. The molecule has 2 heterocycles. The van der Waals surface area contributed by atoms with Crippen molar-refractivity contribution in [2.75, 3.05) is 0 Å². The molecule has 0 fully saturated rings. The molecule has 0 aliphatic rings. The van der Waals surface area contributed by atoms with Crippen LogP contribution in [-0.2, 0) is 7.05 Å². The number of aromatic nitrogens is 2. The molecule has 26 heavy (non-hydrogen) atoms. The molecule has 2 aromatic heterocycles. The fourth-order valence-electron chi connectivity index (χ4n) is 3.85. The van der Waals surface area contributed by atoms with E-state index < -0.39 is 0 Å². The number of para-hydroxylation sites is 1. The van der Waals surface area contributed by atoms with Crippen molar-refractivity contribution in [3.63, 3.8) is 0 Å². The highest BCUT2D eigenvalue weighted by Crippen LogP contribution is 2.39. The quantitative estimate of drug-likeness (QED) is 0.383. The summed E-state index contributed by atoms with van der Waals surface area (Å²) in [5.41, 5.74) is 7.00. The Morgan fingerprint density at radius 3 is 2.00 bits per heavy atom. The normalized spacial score (nSPS) is 11.3. The first-order valence-electron chi connectivity index (χ1n) is 8.81. The molecule has 0 aliphatic heterocycles. The molecule has 0 amide bonds. The minimum absolute atomic E-state index is 1.02. The number of fused-ring (bicyclic) bond motifs is 3. The molecular formula is C24H18N2. The van der Waals surface area contributed by atoms with Gasteiger partial charge >= 0.3 is 0 Å². The van der Waals surface area contributed by atoms with E-state index in [4.69, 9.17) is 4.98 Å². The van der Waals surface area contributed by atoms with Crippen LogP contribution in [0.1, 0.15) is 0 Å². The number of aryl methyl sites for hydroxylation is 1. The van der Waals surface area contributed by atoms with E-state index in [1.807, 2.05) is 12.3 Å². The van der Waals surface area contributed by atoms with E-state index in [2.05, 4.69) is 90.5 Å². The van der Waals surface area contributed by atoms with Gasteiger partial charge < -0.3 is 4.57 Å². The Bertz CT molecular complexity index is 1220. The van der Waals surface area contributed by atoms with E-state index >= 15 is 0 Å². The highest BCUT2D eigenvalue weighted by Gasteiger charge is 2.18. The summed E-state index contributed by atoms with van der Waals surface area (Å²) in [7, 11) is 2.14. The first-order valence-corrected chi connectivity index (χ1v) is 8.81. The summed E-state index contributed by atoms with van der Waals surface area (Å²) in [6, 6.07) is 29.5. The average molecular weight is 334 g/mol. The summed E-state index contributed by atoms with van der Waals surface area (Å²) in [5, 5.41) is 2.44. The lowest BCUT2D eigenvalue weighted by Crippen LogP contribution is -1.95. The minimum Gasteiger partial charge on any atom is -0.343 e. The van der Waals surface area contributed by atoms with Gasteiger partial charge in [0.2, 0.25) is 0 Å². The summed E-state index contributed by atoms with van der Waals surface area (Å²) >= 11 is 0. The minimum atomic E-state index is 1.02. The SMILES string of the molecule is Cn1c2ccccc2c2cnc(-c3ccccc3)c(-c3ccccc3)c21. The van der Waals surface area contributed by atoms with Gasteiger partial charge in [-0.15, -0.1) is 0 Å². The second kappa shape index (κ2) is 5.85. The van der Waals surface area contributed by atoms with Crippen LogP contribution < -0.4 is 0 Å². The molecule has 0 spiro atoms. The van der Waals surface area contributed by atoms with E-state index in [-0.39, 0.29) is 0 Å². The van der Waals surface area contributed by atoms with Crippen LogP contribution in [-0.4, -0.2) is 9.55 Å². The van der Waals surface area contributed by atoms with Crippen LogP contribution >= 0.6 is 0 Å². The van der Waals surface area contributed by atoms with E-state index in [1.165, 1.54) is 32.9 Å². The Morgan fingerprint density at radius 1 is 0.654 bits per heavy atom. The van der Waals surface area contributed by atoms with Crippen molar-refractivity contribution >= 4 is 21.8 Å². The molecular weight excluding hydrogens is 316 g/mol. The average Bonchev–Trinajstić information content (AvgIpc) is 3.01. The predicted octanol–water partition coefficient (Wildman–Crippen LogP) is 6.06. The second-order valence-corrected chi connectivity index (χ2v) is 6.55. The third-order valence-corrected chi connectivity index (χ3v) is 5.05. The molecule has 0 unspecified atom stereocenters. The van der Waals surface area contributed by atoms with E-state index in [0.29, 0.717) is 0 Å². The van der Waals surface area contributed by atoms with Gasteiger partial charge in [-0.25, -0.2) is 0 Å². The van der Waals surface area contributed by atoms with Gasteiger partial charge in [-0.1, -0.05) is 78.9 Å². The van der Waals surface area contributed by atoms with Crippen LogP contribution in [0.3, 0.4) is 0 Å². The summed E-state index contributed by atoms with van der Waals surface area (Å²) in [5.74, 6) is 0. The van der Waals surface area contributed by atoms with E-state index in [1.54, 1.807) is 0 Å². The molecule has 0 N–H and O–H groups in total. The Balaban J connectivity index is 1.98.